The number of rotatable bonds is 7. The Labute approximate surface area is 188 Å². The van der Waals surface area contributed by atoms with Crippen LogP contribution in [0, 0.1) is 0 Å². The average molecular weight is 451 g/mol. The Bertz CT molecular complexity index is 1180. The van der Waals surface area contributed by atoms with Crippen LogP contribution in [0.1, 0.15) is 30.0 Å². The van der Waals surface area contributed by atoms with Crippen LogP contribution in [-0.2, 0) is 21.2 Å². The molecule has 1 N–H and O–H groups in total. The summed E-state index contributed by atoms with van der Waals surface area (Å²) in [5.41, 5.74) is 2.97. The third kappa shape index (κ3) is 4.78. The van der Waals surface area contributed by atoms with Crippen LogP contribution in [-0.4, -0.2) is 28.0 Å². The van der Waals surface area contributed by atoms with Crippen molar-refractivity contribution in [1.82, 2.24) is 5.32 Å². The number of amides is 1. The lowest BCUT2D eigenvalue weighted by atomic mass is 9.88. The highest BCUT2D eigenvalue weighted by Gasteiger charge is 2.22. The predicted molar refractivity (Wildman–Crippen MR) is 124 cm³/mol. The van der Waals surface area contributed by atoms with Gasteiger partial charge in [0.2, 0.25) is 0 Å². The highest BCUT2D eigenvalue weighted by Crippen LogP contribution is 2.29. The van der Waals surface area contributed by atoms with Crippen molar-refractivity contribution < 1.29 is 17.9 Å². The molecule has 0 radical (unpaired) electrons. The Hall–Kier alpha value is -3.32. The number of carbonyl (C=O) groups excluding carboxylic acids is 1. The summed E-state index contributed by atoms with van der Waals surface area (Å²) < 4.78 is 32.3. The molecule has 0 aromatic heterocycles. The molecule has 4 rings (SSSR count). The number of nitrogens with zero attached hydrogens (tertiary/aromatic N) is 1. The summed E-state index contributed by atoms with van der Waals surface area (Å²) in [5, 5.41) is 3.06. The van der Waals surface area contributed by atoms with Gasteiger partial charge in [-0.15, -0.1) is 0 Å². The van der Waals surface area contributed by atoms with Crippen molar-refractivity contribution >= 4 is 21.6 Å². The van der Waals surface area contributed by atoms with E-state index in [0.717, 1.165) is 19.3 Å². The number of benzene rings is 3. The quantitative estimate of drug-likeness (QED) is 0.588. The van der Waals surface area contributed by atoms with E-state index in [0.29, 0.717) is 11.4 Å². The fraction of sp³-hybridized carbons (Fsp3) is 0.240. The summed E-state index contributed by atoms with van der Waals surface area (Å²) in [5.74, 6) is 0.318. The molecule has 0 aliphatic heterocycles. The molecule has 3 aromatic carbocycles. The minimum atomic E-state index is -3.64. The van der Waals surface area contributed by atoms with E-state index in [-0.39, 0.29) is 23.5 Å². The number of fused-ring (bicyclic) bond motifs is 1. The highest BCUT2D eigenvalue weighted by molar-refractivity contribution is 7.92. The van der Waals surface area contributed by atoms with Crippen LogP contribution < -0.4 is 14.4 Å². The van der Waals surface area contributed by atoms with E-state index in [1.165, 1.54) is 22.5 Å². The number of anilines is 1. The highest BCUT2D eigenvalue weighted by atomic mass is 32.2. The lowest BCUT2D eigenvalue weighted by Gasteiger charge is -2.26. The second-order valence-corrected chi connectivity index (χ2v) is 9.75. The predicted octanol–water partition coefficient (Wildman–Crippen LogP) is 4.08. The average Bonchev–Trinajstić information content (AvgIpc) is 2.83. The van der Waals surface area contributed by atoms with Gasteiger partial charge in [-0.25, -0.2) is 8.42 Å². The Morgan fingerprint density at radius 2 is 1.69 bits per heavy atom. The van der Waals surface area contributed by atoms with Crippen LogP contribution >= 0.6 is 0 Å². The van der Waals surface area contributed by atoms with E-state index >= 15 is 0 Å². The lowest BCUT2D eigenvalue weighted by Crippen LogP contribution is -2.34. The van der Waals surface area contributed by atoms with Gasteiger partial charge in [0.15, 0.2) is 6.61 Å². The molecule has 32 heavy (non-hydrogen) atoms. The maximum Gasteiger partial charge on any atom is 0.264 e. The zero-order valence-electron chi connectivity index (χ0n) is 17.9. The van der Waals surface area contributed by atoms with Gasteiger partial charge in [-0.1, -0.05) is 42.5 Å². The zero-order chi connectivity index (χ0) is 22.6. The second-order valence-electron chi connectivity index (χ2n) is 7.78. The Kier molecular flexibility index (Phi) is 6.46. The van der Waals surface area contributed by atoms with Crippen LogP contribution in [0.25, 0.3) is 0 Å². The van der Waals surface area contributed by atoms with E-state index in [9.17, 15) is 13.2 Å². The summed E-state index contributed by atoms with van der Waals surface area (Å²) in [6.45, 7) is -0.101. The fourth-order valence-electron chi connectivity index (χ4n) is 3.93. The van der Waals surface area contributed by atoms with Gasteiger partial charge in [0.25, 0.3) is 15.9 Å². The number of ether oxygens (including phenoxy) is 1. The van der Waals surface area contributed by atoms with E-state index < -0.39 is 10.0 Å². The summed E-state index contributed by atoms with van der Waals surface area (Å²) in [6, 6.07) is 23.1. The summed E-state index contributed by atoms with van der Waals surface area (Å²) in [7, 11) is -2.14. The largest absolute Gasteiger partial charge is 0.484 e. The second kappa shape index (κ2) is 9.44. The summed E-state index contributed by atoms with van der Waals surface area (Å²) in [4.78, 5) is 12.7. The number of nitrogens with one attached hydrogen (secondary N) is 1. The van der Waals surface area contributed by atoms with Crippen molar-refractivity contribution in [3.05, 3.63) is 90.0 Å². The molecule has 3 aromatic rings. The van der Waals surface area contributed by atoms with Crippen LogP contribution in [0.15, 0.2) is 83.8 Å². The molecule has 1 aliphatic rings. The molecule has 0 fully saturated rings. The Morgan fingerprint density at radius 3 is 2.44 bits per heavy atom. The minimum Gasteiger partial charge on any atom is -0.484 e. The summed E-state index contributed by atoms with van der Waals surface area (Å²) >= 11 is 0. The molecule has 1 amide bonds. The van der Waals surface area contributed by atoms with Crippen molar-refractivity contribution in [3.8, 4) is 5.75 Å². The van der Waals surface area contributed by atoms with Gasteiger partial charge in [0.05, 0.1) is 16.6 Å². The maximum absolute atomic E-state index is 12.8. The fourth-order valence-corrected chi connectivity index (χ4v) is 5.15. The maximum atomic E-state index is 12.8. The number of carbonyl (C=O) groups is 1. The molecule has 7 heteroatoms. The van der Waals surface area contributed by atoms with E-state index in [4.69, 9.17) is 4.74 Å². The van der Waals surface area contributed by atoms with Gasteiger partial charge < -0.3 is 10.1 Å². The molecule has 0 saturated heterocycles. The smallest absolute Gasteiger partial charge is 0.264 e. The minimum absolute atomic E-state index is 0.00951. The molecule has 0 saturated carbocycles. The third-order valence-corrected chi connectivity index (χ3v) is 7.48. The molecule has 0 spiro atoms. The van der Waals surface area contributed by atoms with Crippen LogP contribution in [0.3, 0.4) is 0 Å². The summed E-state index contributed by atoms with van der Waals surface area (Å²) in [6.07, 6.45) is 3.00. The van der Waals surface area contributed by atoms with Gasteiger partial charge >= 0.3 is 0 Å². The lowest BCUT2D eigenvalue weighted by molar-refractivity contribution is -0.123. The molecular weight excluding hydrogens is 424 g/mol. The first kappa shape index (κ1) is 21.9. The van der Waals surface area contributed by atoms with E-state index in [1.807, 2.05) is 12.1 Å². The van der Waals surface area contributed by atoms with Crippen molar-refractivity contribution in [2.75, 3.05) is 18.0 Å². The van der Waals surface area contributed by atoms with Crippen molar-refractivity contribution in [1.29, 1.82) is 0 Å². The topological polar surface area (TPSA) is 75.7 Å². The Balaban J connectivity index is 1.35. The molecular formula is C25H26N2O4S. The van der Waals surface area contributed by atoms with Crippen molar-refractivity contribution in [3.63, 3.8) is 0 Å². The van der Waals surface area contributed by atoms with Crippen LogP contribution in [0.2, 0.25) is 0 Å². The third-order valence-electron chi connectivity index (χ3n) is 5.68. The first-order valence-corrected chi connectivity index (χ1v) is 12.0. The monoisotopic (exact) mass is 450 g/mol. The number of sulfonamides is 1. The molecule has 0 bridgehead atoms. The SMILES string of the molecule is CN(c1ccc(OCC(=O)N[C@H]2CCCc3ccccc32)cc1)S(=O)(=O)c1ccccc1. The normalized spacial score (nSPS) is 15.5. The molecule has 166 valence electrons. The van der Waals surface area contributed by atoms with Gasteiger partial charge in [-0.05, 0) is 66.8 Å². The molecule has 0 unspecified atom stereocenters. The zero-order valence-corrected chi connectivity index (χ0v) is 18.7. The van der Waals surface area contributed by atoms with Crippen molar-refractivity contribution in [2.45, 2.75) is 30.2 Å². The van der Waals surface area contributed by atoms with Crippen LogP contribution in [0.4, 0.5) is 5.69 Å². The molecule has 1 aliphatic carbocycles. The first-order valence-electron chi connectivity index (χ1n) is 10.6. The van der Waals surface area contributed by atoms with E-state index in [2.05, 4.69) is 17.4 Å². The standard InChI is InChI=1S/C25H26N2O4S/c1-27(32(29,30)22-10-3-2-4-11-22)20-14-16-21(17-15-20)31-18-25(28)26-24-13-7-9-19-8-5-6-12-23(19)24/h2-6,8,10-12,14-17,24H,7,9,13,18H2,1H3,(H,26,28)/t24-/m0/s1. The van der Waals surface area contributed by atoms with Crippen molar-refractivity contribution in [2.24, 2.45) is 0 Å². The number of aryl methyl sites for hydroxylation is 1. The molecule has 6 nitrogen and oxygen atoms in total. The molecule has 1 atom stereocenters. The number of hydrogen-bond acceptors (Lipinski definition) is 4. The van der Waals surface area contributed by atoms with Gasteiger partial charge in [-0.2, -0.15) is 0 Å². The van der Waals surface area contributed by atoms with Gasteiger partial charge in [0.1, 0.15) is 5.75 Å². The number of hydrogen-bond donors (Lipinski definition) is 1. The Morgan fingerprint density at radius 1 is 1.00 bits per heavy atom. The first-order chi connectivity index (χ1) is 15.4. The van der Waals surface area contributed by atoms with Crippen LogP contribution in [0.5, 0.6) is 5.75 Å². The van der Waals surface area contributed by atoms with Gasteiger partial charge in [0, 0.05) is 7.05 Å². The van der Waals surface area contributed by atoms with Gasteiger partial charge in [-0.3, -0.25) is 9.10 Å². The molecule has 0 heterocycles. The van der Waals surface area contributed by atoms with E-state index in [1.54, 1.807) is 54.6 Å².